The lowest BCUT2D eigenvalue weighted by atomic mass is 9.84. The molecule has 3 heteroatoms. The Morgan fingerprint density at radius 3 is 2.79 bits per heavy atom. The topological polar surface area (TPSA) is 46.5 Å². The van der Waals surface area contributed by atoms with Gasteiger partial charge >= 0.3 is 5.97 Å². The molecular weight excluding hydrogens is 240 g/mol. The van der Waals surface area contributed by atoms with Gasteiger partial charge in [0.05, 0.1) is 6.42 Å². The molecule has 1 aliphatic carbocycles. The second-order valence-corrected chi connectivity index (χ2v) is 5.50. The molecule has 0 aromatic heterocycles. The summed E-state index contributed by atoms with van der Waals surface area (Å²) in [6, 6.07) is 6.04. The van der Waals surface area contributed by atoms with E-state index in [0.717, 1.165) is 37.0 Å². The van der Waals surface area contributed by atoms with Gasteiger partial charge in [0, 0.05) is 5.92 Å². The van der Waals surface area contributed by atoms with Gasteiger partial charge in [-0.3, -0.25) is 4.79 Å². The number of hydrogen-bond donors (Lipinski definition) is 1. The number of carboxylic acids is 1. The van der Waals surface area contributed by atoms with Gasteiger partial charge in [0.25, 0.3) is 0 Å². The van der Waals surface area contributed by atoms with Crippen LogP contribution in [0.15, 0.2) is 18.2 Å². The molecule has 0 bridgehead atoms. The number of aliphatic carboxylic acids is 1. The van der Waals surface area contributed by atoms with Crippen LogP contribution in [0.1, 0.15) is 43.2 Å². The van der Waals surface area contributed by atoms with Gasteiger partial charge < -0.3 is 9.84 Å². The molecule has 1 fully saturated rings. The van der Waals surface area contributed by atoms with Crippen LogP contribution in [0.3, 0.4) is 0 Å². The normalized spacial score (nSPS) is 23.1. The highest BCUT2D eigenvalue weighted by Crippen LogP contribution is 2.32. The standard InChI is InChI=1S/C16H22O3/c1-11-6-5-9-14(12(11)2)19-15-8-4-3-7-13(15)10-16(17)18/h5-6,9,13,15H,3-4,7-8,10H2,1-2H3,(H,17,18). The van der Waals surface area contributed by atoms with Crippen LogP contribution in [-0.4, -0.2) is 17.2 Å². The van der Waals surface area contributed by atoms with Crippen LogP contribution < -0.4 is 4.74 Å². The monoisotopic (exact) mass is 262 g/mol. The van der Waals surface area contributed by atoms with Gasteiger partial charge in [0.2, 0.25) is 0 Å². The molecule has 0 saturated heterocycles. The molecule has 19 heavy (non-hydrogen) atoms. The Morgan fingerprint density at radius 2 is 2.05 bits per heavy atom. The molecule has 1 saturated carbocycles. The number of benzene rings is 1. The highest BCUT2D eigenvalue weighted by atomic mass is 16.5. The van der Waals surface area contributed by atoms with Crippen LogP contribution in [-0.2, 0) is 4.79 Å². The molecule has 1 N–H and O–H groups in total. The molecule has 0 heterocycles. The highest BCUT2D eigenvalue weighted by Gasteiger charge is 2.29. The minimum Gasteiger partial charge on any atom is -0.490 e. The van der Waals surface area contributed by atoms with E-state index in [-0.39, 0.29) is 18.4 Å². The first-order valence-corrected chi connectivity index (χ1v) is 7.02. The zero-order valence-corrected chi connectivity index (χ0v) is 11.7. The lowest BCUT2D eigenvalue weighted by Gasteiger charge is -2.31. The quantitative estimate of drug-likeness (QED) is 0.899. The van der Waals surface area contributed by atoms with Crippen molar-refractivity contribution in [3.63, 3.8) is 0 Å². The Balaban J connectivity index is 2.10. The molecule has 1 aromatic carbocycles. The minimum atomic E-state index is -0.721. The van der Waals surface area contributed by atoms with E-state index < -0.39 is 5.97 Å². The fourth-order valence-electron chi connectivity index (χ4n) is 2.80. The number of carbonyl (C=O) groups is 1. The number of aryl methyl sites for hydroxylation is 1. The van der Waals surface area contributed by atoms with Crippen LogP contribution in [0.25, 0.3) is 0 Å². The smallest absolute Gasteiger partial charge is 0.303 e. The third kappa shape index (κ3) is 3.49. The predicted octanol–water partition coefficient (Wildman–Crippen LogP) is 3.72. The molecular formula is C16H22O3. The predicted molar refractivity (Wildman–Crippen MR) is 74.5 cm³/mol. The zero-order chi connectivity index (χ0) is 13.8. The molecule has 3 nitrogen and oxygen atoms in total. The van der Waals surface area contributed by atoms with Crippen molar-refractivity contribution < 1.29 is 14.6 Å². The summed E-state index contributed by atoms with van der Waals surface area (Å²) < 4.78 is 6.12. The molecule has 104 valence electrons. The van der Waals surface area contributed by atoms with E-state index >= 15 is 0 Å². The second kappa shape index (κ2) is 6.09. The fraction of sp³-hybridized carbons (Fsp3) is 0.562. The third-order valence-corrected chi connectivity index (χ3v) is 4.11. The Kier molecular flexibility index (Phi) is 4.46. The second-order valence-electron chi connectivity index (χ2n) is 5.50. The largest absolute Gasteiger partial charge is 0.490 e. The van der Waals surface area contributed by atoms with Crippen LogP contribution in [0.4, 0.5) is 0 Å². The van der Waals surface area contributed by atoms with Crippen LogP contribution in [0.2, 0.25) is 0 Å². The Hall–Kier alpha value is -1.51. The number of carboxylic acid groups (broad SMARTS) is 1. The Bertz CT molecular complexity index is 453. The van der Waals surface area contributed by atoms with Crippen LogP contribution in [0, 0.1) is 19.8 Å². The van der Waals surface area contributed by atoms with Gasteiger partial charge in [-0.05, 0) is 50.3 Å². The first-order chi connectivity index (χ1) is 9.08. The number of ether oxygens (including phenoxy) is 1. The minimum absolute atomic E-state index is 0.0466. The van der Waals surface area contributed by atoms with Crippen LogP contribution in [0.5, 0.6) is 5.75 Å². The Labute approximate surface area is 114 Å². The molecule has 2 unspecified atom stereocenters. The van der Waals surface area contributed by atoms with Crippen molar-refractivity contribution in [3.8, 4) is 5.75 Å². The fourth-order valence-corrected chi connectivity index (χ4v) is 2.80. The molecule has 1 aromatic rings. The maximum atomic E-state index is 10.9. The summed E-state index contributed by atoms with van der Waals surface area (Å²) in [5.74, 6) is 0.329. The van der Waals surface area contributed by atoms with Gasteiger partial charge in [-0.15, -0.1) is 0 Å². The molecule has 0 spiro atoms. The summed E-state index contributed by atoms with van der Waals surface area (Å²) >= 11 is 0. The SMILES string of the molecule is Cc1cccc(OC2CCCCC2CC(=O)O)c1C. The first kappa shape index (κ1) is 13.9. The maximum absolute atomic E-state index is 10.9. The van der Waals surface area contributed by atoms with Crippen molar-refractivity contribution >= 4 is 5.97 Å². The molecule has 2 rings (SSSR count). The number of hydrogen-bond acceptors (Lipinski definition) is 2. The maximum Gasteiger partial charge on any atom is 0.303 e. The summed E-state index contributed by atoms with van der Waals surface area (Å²) in [6.45, 7) is 4.12. The van der Waals surface area contributed by atoms with E-state index in [9.17, 15) is 4.79 Å². The summed E-state index contributed by atoms with van der Waals surface area (Å²) in [4.78, 5) is 10.9. The van der Waals surface area contributed by atoms with E-state index in [1.54, 1.807) is 0 Å². The average molecular weight is 262 g/mol. The summed E-state index contributed by atoms with van der Waals surface area (Å²) in [6.07, 6.45) is 4.43. The Morgan fingerprint density at radius 1 is 1.32 bits per heavy atom. The zero-order valence-electron chi connectivity index (χ0n) is 11.7. The van der Waals surface area contributed by atoms with Gasteiger partial charge in [-0.25, -0.2) is 0 Å². The van der Waals surface area contributed by atoms with Crippen LogP contribution >= 0.6 is 0 Å². The highest BCUT2D eigenvalue weighted by molar-refractivity contribution is 5.67. The molecule has 0 aliphatic heterocycles. The van der Waals surface area contributed by atoms with E-state index in [0.29, 0.717) is 0 Å². The molecule has 0 radical (unpaired) electrons. The van der Waals surface area contributed by atoms with Gasteiger partial charge in [0.15, 0.2) is 0 Å². The summed E-state index contributed by atoms with van der Waals surface area (Å²) in [7, 11) is 0. The van der Waals surface area contributed by atoms with Crippen molar-refractivity contribution in [2.24, 2.45) is 5.92 Å². The van der Waals surface area contributed by atoms with E-state index in [2.05, 4.69) is 19.9 Å². The summed E-state index contributed by atoms with van der Waals surface area (Å²) in [5, 5.41) is 8.99. The van der Waals surface area contributed by atoms with Crippen molar-refractivity contribution in [3.05, 3.63) is 29.3 Å². The van der Waals surface area contributed by atoms with Gasteiger partial charge in [0.1, 0.15) is 11.9 Å². The van der Waals surface area contributed by atoms with E-state index in [4.69, 9.17) is 9.84 Å². The van der Waals surface area contributed by atoms with Gasteiger partial charge in [-0.1, -0.05) is 18.6 Å². The first-order valence-electron chi connectivity index (χ1n) is 7.02. The molecule has 0 amide bonds. The lowest BCUT2D eigenvalue weighted by molar-refractivity contribution is -0.139. The van der Waals surface area contributed by atoms with E-state index in [1.165, 1.54) is 5.56 Å². The number of rotatable bonds is 4. The third-order valence-electron chi connectivity index (χ3n) is 4.11. The van der Waals surface area contributed by atoms with E-state index in [1.807, 2.05) is 12.1 Å². The average Bonchev–Trinajstić information content (AvgIpc) is 2.36. The summed E-state index contributed by atoms with van der Waals surface area (Å²) in [5.41, 5.74) is 2.37. The molecule has 2 atom stereocenters. The van der Waals surface area contributed by atoms with Gasteiger partial charge in [-0.2, -0.15) is 0 Å². The van der Waals surface area contributed by atoms with Crippen molar-refractivity contribution in [2.75, 3.05) is 0 Å². The van der Waals surface area contributed by atoms with Crippen molar-refractivity contribution in [2.45, 2.75) is 52.1 Å². The van der Waals surface area contributed by atoms with Crippen molar-refractivity contribution in [1.82, 2.24) is 0 Å². The molecule has 1 aliphatic rings. The lowest BCUT2D eigenvalue weighted by Crippen LogP contribution is -2.32. The van der Waals surface area contributed by atoms with Crippen molar-refractivity contribution in [1.29, 1.82) is 0 Å².